The number of amides is 2. The van der Waals surface area contributed by atoms with Gasteiger partial charge in [0.2, 0.25) is 11.8 Å². The Morgan fingerprint density at radius 1 is 0.712 bits per heavy atom. The van der Waals surface area contributed by atoms with Gasteiger partial charge in [0.15, 0.2) is 11.6 Å². The predicted octanol–water partition coefficient (Wildman–Crippen LogP) is 5.31. The van der Waals surface area contributed by atoms with Crippen LogP contribution in [0.2, 0.25) is 5.82 Å². The number of aliphatic hydroxyl groups excluding tert-OH is 1. The molecule has 3 aliphatic carbocycles. The molecular formula is C45H82BN5O8. The average molecular weight is 832 g/mol. The van der Waals surface area contributed by atoms with Gasteiger partial charge in [-0.3, -0.25) is 24.0 Å². The number of nitrogens with two attached hydrogens (primary N) is 3. The molecule has 13 nitrogen and oxygen atoms in total. The number of hydrogen-bond donors (Lipinski definition) is 6. The molecule has 338 valence electrons. The van der Waals surface area contributed by atoms with Crippen LogP contribution in [-0.4, -0.2) is 90.9 Å². The first-order valence-corrected chi connectivity index (χ1v) is 23.3. The number of aliphatic hydroxyl groups is 1. The summed E-state index contributed by atoms with van der Waals surface area (Å²) in [6, 6.07) is -2.05. The Kier molecular flexibility index (Phi) is 21.7. The van der Waals surface area contributed by atoms with Crippen LogP contribution in [0.1, 0.15) is 170 Å². The minimum atomic E-state index is -1.27. The maximum absolute atomic E-state index is 13.8. The molecule has 0 unspecified atom stereocenters. The standard InChI is InChI=1S/C45H82BN5O8/c1-30(25-38(55)41(32(3)52)51-43(57)33(21-24-49)27-35(53)19-15-13-11-9-7-8-10-12-14-17-22-47)42(56)50-36(20-16-18-23-48)37(54)26-31(2)46-58-40-29-34-28-39(44(34,4)5)45(40,6)59-46/h30-34,36,39-41,52H,7-29,47-49H2,1-6H3,(H,50,56)(H,51,57)/t30-,31-,32-,33-,34+,36+,39+,40-,41+,45+/m1/s1. The van der Waals surface area contributed by atoms with Crippen molar-refractivity contribution in [2.24, 2.45) is 46.3 Å². The van der Waals surface area contributed by atoms with E-state index in [-0.39, 0.29) is 66.7 Å². The second-order valence-electron chi connectivity index (χ2n) is 19.2. The fraction of sp³-hybridized carbons (Fsp3) is 0.889. The van der Waals surface area contributed by atoms with E-state index in [1.807, 2.05) is 6.92 Å². The third-order valence-electron chi connectivity index (χ3n) is 14.0. The Balaban J connectivity index is 1.48. The molecule has 4 fully saturated rings. The third-order valence-corrected chi connectivity index (χ3v) is 14.0. The van der Waals surface area contributed by atoms with Crippen LogP contribution in [0.4, 0.5) is 0 Å². The number of hydrogen-bond acceptors (Lipinski definition) is 11. The monoisotopic (exact) mass is 832 g/mol. The van der Waals surface area contributed by atoms with Gasteiger partial charge in [-0.15, -0.1) is 0 Å². The Morgan fingerprint density at radius 3 is 1.88 bits per heavy atom. The highest BCUT2D eigenvalue weighted by Gasteiger charge is 2.68. The molecule has 1 saturated heterocycles. The van der Waals surface area contributed by atoms with Crippen molar-refractivity contribution in [2.45, 2.75) is 206 Å². The second-order valence-corrected chi connectivity index (χ2v) is 19.2. The lowest BCUT2D eigenvalue weighted by Gasteiger charge is -2.64. The van der Waals surface area contributed by atoms with Crippen molar-refractivity contribution in [1.29, 1.82) is 0 Å². The summed E-state index contributed by atoms with van der Waals surface area (Å²) in [4.78, 5) is 67.1. The molecule has 2 amide bonds. The fourth-order valence-corrected chi connectivity index (χ4v) is 9.87. The van der Waals surface area contributed by atoms with Crippen LogP contribution in [0.5, 0.6) is 0 Å². The van der Waals surface area contributed by atoms with Crippen LogP contribution in [0.25, 0.3) is 0 Å². The number of ketones is 3. The summed E-state index contributed by atoms with van der Waals surface area (Å²) in [6.07, 6.45) is 14.3. The molecule has 4 rings (SSSR count). The smallest absolute Gasteiger partial charge is 0.405 e. The first kappa shape index (κ1) is 51.1. The van der Waals surface area contributed by atoms with Crippen LogP contribution in [-0.2, 0) is 33.3 Å². The molecule has 1 aliphatic heterocycles. The summed E-state index contributed by atoms with van der Waals surface area (Å²) in [5, 5.41) is 16.1. The number of rotatable bonds is 32. The quantitative estimate of drug-likeness (QED) is 0.0376. The summed E-state index contributed by atoms with van der Waals surface area (Å²) in [6.45, 7) is 13.1. The van der Waals surface area contributed by atoms with Crippen LogP contribution in [0, 0.1) is 29.1 Å². The first-order valence-electron chi connectivity index (χ1n) is 23.3. The lowest BCUT2D eigenvalue weighted by molar-refractivity contribution is -0.199. The minimum absolute atomic E-state index is 0.00590. The van der Waals surface area contributed by atoms with Gasteiger partial charge in [0, 0.05) is 37.5 Å². The van der Waals surface area contributed by atoms with Gasteiger partial charge in [0.05, 0.1) is 23.9 Å². The number of Topliss-reactive ketones (excluding diaryl/α,β-unsaturated/α-hetero) is 3. The number of carbonyl (C=O) groups excluding carboxylic acids is 5. The van der Waals surface area contributed by atoms with Crippen molar-refractivity contribution >= 4 is 36.3 Å². The Morgan fingerprint density at radius 2 is 1.31 bits per heavy atom. The molecule has 9 N–H and O–H groups in total. The van der Waals surface area contributed by atoms with E-state index in [2.05, 4.69) is 31.4 Å². The molecule has 14 heteroatoms. The van der Waals surface area contributed by atoms with Gasteiger partial charge in [-0.2, -0.15) is 0 Å². The molecule has 0 radical (unpaired) electrons. The zero-order valence-corrected chi connectivity index (χ0v) is 37.6. The lowest BCUT2D eigenvalue weighted by atomic mass is 9.43. The highest BCUT2D eigenvalue weighted by Crippen LogP contribution is 2.66. The van der Waals surface area contributed by atoms with Gasteiger partial charge >= 0.3 is 7.12 Å². The maximum Gasteiger partial charge on any atom is 0.461 e. The highest BCUT2D eigenvalue weighted by atomic mass is 16.7. The molecule has 0 spiro atoms. The molecule has 0 aromatic rings. The van der Waals surface area contributed by atoms with E-state index in [1.54, 1.807) is 6.92 Å². The molecule has 2 bridgehead atoms. The summed E-state index contributed by atoms with van der Waals surface area (Å²) >= 11 is 0. The topological polar surface area (TPSA) is 226 Å². The molecule has 4 aliphatic rings. The van der Waals surface area contributed by atoms with Gasteiger partial charge in [0.1, 0.15) is 11.8 Å². The summed E-state index contributed by atoms with van der Waals surface area (Å²) in [5.74, 6) is -2.43. The zero-order chi connectivity index (χ0) is 43.8. The van der Waals surface area contributed by atoms with Crippen molar-refractivity contribution in [2.75, 3.05) is 19.6 Å². The molecular weight excluding hydrogens is 749 g/mol. The summed E-state index contributed by atoms with van der Waals surface area (Å²) in [7, 11) is -0.511. The van der Waals surface area contributed by atoms with Gasteiger partial charge < -0.3 is 42.2 Å². The van der Waals surface area contributed by atoms with Crippen molar-refractivity contribution in [3.05, 3.63) is 0 Å². The van der Waals surface area contributed by atoms with E-state index in [9.17, 15) is 29.1 Å². The van der Waals surface area contributed by atoms with Crippen molar-refractivity contribution in [3.8, 4) is 0 Å². The molecule has 0 aromatic carbocycles. The maximum atomic E-state index is 13.8. The van der Waals surface area contributed by atoms with E-state index < -0.39 is 54.7 Å². The zero-order valence-electron chi connectivity index (χ0n) is 37.6. The van der Waals surface area contributed by atoms with E-state index in [1.165, 1.54) is 39.0 Å². The van der Waals surface area contributed by atoms with Crippen molar-refractivity contribution < 1.29 is 38.4 Å². The van der Waals surface area contributed by atoms with E-state index in [0.717, 1.165) is 51.5 Å². The van der Waals surface area contributed by atoms with Gasteiger partial charge in [-0.05, 0) is 108 Å². The van der Waals surface area contributed by atoms with Crippen molar-refractivity contribution in [3.63, 3.8) is 0 Å². The Labute approximate surface area is 356 Å². The fourth-order valence-electron chi connectivity index (χ4n) is 9.87. The second kappa shape index (κ2) is 25.0. The van der Waals surface area contributed by atoms with Gasteiger partial charge in [0.25, 0.3) is 0 Å². The van der Waals surface area contributed by atoms with Crippen molar-refractivity contribution in [1.82, 2.24) is 10.6 Å². The van der Waals surface area contributed by atoms with Gasteiger partial charge in [-0.25, -0.2) is 0 Å². The van der Waals surface area contributed by atoms with Crippen LogP contribution in [0.3, 0.4) is 0 Å². The van der Waals surface area contributed by atoms with E-state index >= 15 is 0 Å². The van der Waals surface area contributed by atoms with Crippen LogP contribution >= 0.6 is 0 Å². The normalized spacial score (nSPS) is 24.8. The molecule has 3 saturated carbocycles. The molecule has 10 atom stereocenters. The molecule has 59 heavy (non-hydrogen) atoms. The van der Waals surface area contributed by atoms with Crippen LogP contribution < -0.4 is 27.8 Å². The first-order chi connectivity index (χ1) is 28.0. The lowest BCUT2D eigenvalue weighted by Crippen LogP contribution is -2.65. The largest absolute Gasteiger partial charge is 0.461 e. The predicted molar refractivity (Wildman–Crippen MR) is 233 cm³/mol. The Hall–Kier alpha value is -2.23. The summed E-state index contributed by atoms with van der Waals surface area (Å²) < 4.78 is 13.0. The number of carbonyl (C=O) groups is 5. The minimum Gasteiger partial charge on any atom is -0.405 e. The molecule has 1 heterocycles. The third kappa shape index (κ3) is 15.0. The van der Waals surface area contributed by atoms with E-state index in [4.69, 9.17) is 26.5 Å². The summed E-state index contributed by atoms with van der Waals surface area (Å²) in [5.41, 5.74) is 16.9. The number of nitrogens with one attached hydrogen (secondary N) is 2. The van der Waals surface area contributed by atoms with E-state index in [0.29, 0.717) is 44.1 Å². The van der Waals surface area contributed by atoms with Crippen LogP contribution in [0.15, 0.2) is 0 Å². The van der Waals surface area contributed by atoms with Gasteiger partial charge in [-0.1, -0.05) is 79.1 Å². The average Bonchev–Trinajstić information content (AvgIpc) is 3.55. The highest BCUT2D eigenvalue weighted by molar-refractivity contribution is 6.47. The number of unbranched alkanes of at least 4 members (excludes halogenated alkanes) is 10. The Bertz CT molecular complexity index is 1350. The SMILES string of the molecule is C[C@H](CC(=O)[C@H](CCCCN)NC(=O)[C@H](C)CC(=O)[C@@H](NC(=O)[C@H](CCN)CC(=O)CCCCCCCCCCCCN)[C@@H](C)O)B1O[C@@H]2C[C@@H]3C[C@@H](C3(C)C)[C@]2(C)O1. The molecule has 0 aromatic heterocycles.